The van der Waals surface area contributed by atoms with Gasteiger partial charge in [-0.05, 0) is 91.8 Å². The maximum absolute atomic E-state index is 13.7. The number of hydrogen-bond acceptors (Lipinski definition) is 6. The van der Waals surface area contributed by atoms with Gasteiger partial charge in [-0.2, -0.15) is 11.8 Å². The van der Waals surface area contributed by atoms with Gasteiger partial charge < -0.3 is 27.0 Å². The van der Waals surface area contributed by atoms with Crippen LogP contribution in [0.3, 0.4) is 0 Å². The Balaban J connectivity index is 0.00000480. The third-order valence-corrected chi connectivity index (χ3v) is 10.4. The minimum absolute atomic E-state index is 0. The fourth-order valence-corrected chi connectivity index (χ4v) is 8.24. The molecule has 6 rings (SSSR count). The molecule has 4 saturated carbocycles. The Morgan fingerprint density at radius 1 is 0.761 bits per heavy atom. The van der Waals surface area contributed by atoms with Gasteiger partial charge in [-0.15, -0.1) is 12.4 Å². The molecule has 0 unspecified atom stereocenters. The number of rotatable bonds is 15. The van der Waals surface area contributed by atoms with Crippen molar-refractivity contribution < 1.29 is 19.2 Å². The summed E-state index contributed by atoms with van der Waals surface area (Å²) in [6, 6.07) is 16.9. The van der Waals surface area contributed by atoms with Crippen molar-refractivity contribution in [2.45, 2.75) is 75.5 Å². The predicted octanol–water partition coefficient (Wildman–Crippen LogP) is 3.00. The average molecular weight is 670 g/mol. The van der Waals surface area contributed by atoms with Gasteiger partial charge in [0.25, 0.3) is 0 Å². The Morgan fingerprint density at radius 3 is 1.89 bits per heavy atom. The molecule has 2 aromatic carbocycles. The molecule has 0 spiro atoms. The first-order valence-electron chi connectivity index (χ1n) is 16.3. The van der Waals surface area contributed by atoms with Crippen molar-refractivity contribution in [3.63, 3.8) is 0 Å². The molecule has 0 aromatic heterocycles. The molecule has 250 valence electrons. The lowest BCUT2D eigenvalue weighted by atomic mass is 9.54. The van der Waals surface area contributed by atoms with Crippen molar-refractivity contribution in [3.8, 4) is 0 Å². The van der Waals surface area contributed by atoms with Crippen LogP contribution in [0.15, 0.2) is 60.7 Å². The second-order valence-corrected chi connectivity index (χ2v) is 14.1. The highest BCUT2D eigenvalue weighted by Gasteiger charge is 2.49. The minimum Gasteiger partial charge on any atom is -0.351 e. The highest BCUT2D eigenvalue weighted by Crippen LogP contribution is 2.53. The monoisotopic (exact) mass is 669 g/mol. The van der Waals surface area contributed by atoms with E-state index in [-0.39, 0.29) is 30.9 Å². The quantitative estimate of drug-likeness (QED) is 0.197. The summed E-state index contributed by atoms with van der Waals surface area (Å²) in [6.45, 7) is -0.308. The number of halogens is 1. The molecule has 4 bridgehead atoms. The number of amides is 4. The first kappa shape index (κ1) is 35.8. The summed E-state index contributed by atoms with van der Waals surface area (Å²) < 4.78 is 0. The fraction of sp³-hybridized carbons (Fsp3) is 0.543. The van der Waals surface area contributed by atoms with Gasteiger partial charge in [0.2, 0.25) is 23.6 Å². The van der Waals surface area contributed by atoms with Crippen LogP contribution in [0.2, 0.25) is 0 Å². The van der Waals surface area contributed by atoms with Gasteiger partial charge >= 0.3 is 0 Å². The standard InChI is InChI=1S/C35H47N5O4S.ClH/c1-45-13-12-29(39-33(42)28(36)19-22-8-4-2-5-9-22)34(43)37-21-31(41)38-30(20-23-10-6-3-7-11-23)35(44)40-32-26-15-24-14-25(17-26)18-27(32)16-24;/h2-11,24-30,32H,12-21,36H2,1H3,(H,37,43)(H,38,41)(H,39,42)(H,40,44);1H/t24?,25?,26?,27?,28-,29+,30-,32?;/m0./s1. The van der Waals surface area contributed by atoms with Gasteiger partial charge in [-0.25, -0.2) is 0 Å². The maximum Gasteiger partial charge on any atom is 0.243 e. The van der Waals surface area contributed by atoms with Gasteiger partial charge in [0.15, 0.2) is 0 Å². The molecule has 0 aliphatic heterocycles. The van der Waals surface area contributed by atoms with Crippen LogP contribution in [-0.4, -0.2) is 66.3 Å². The molecule has 4 amide bonds. The van der Waals surface area contributed by atoms with Crippen LogP contribution in [0.1, 0.15) is 49.7 Å². The van der Waals surface area contributed by atoms with Gasteiger partial charge in [0.1, 0.15) is 12.1 Å². The molecule has 0 heterocycles. The minimum atomic E-state index is -0.833. The van der Waals surface area contributed by atoms with Crippen molar-refractivity contribution in [1.82, 2.24) is 21.3 Å². The van der Waals surface area contributed by atoms with E-state index in [0.717, 1.165) is 23.0 Å². The van der Waals surface area contributed by atoms with E-state index in [0.29, 0.717) is 36.9 Å². The molecule has 46 heavy (non-hydrogen) atoms. The number of hydrogen-bond donors (Lipinski definition) is 5. The second kappa shape index (κ2) is 17.2. The zero-order chi connectivity index (χ0) is 31.8. The Labute approximate surface area is 282 Å². The molecule has 0 radical (unpaired) electrons. The van der Waals surface area contributed by atoms with Gasteiger partial charge in [0, 0.05) is 12.5 Å². The van der Waals surface area contributed by atoms with Crippen molar-refractivity contribution >= 4 is 47.8 Å². The molecule has 2 aromatic rings. The van der Waals surface area contributed by atoms with Crippen LogP contribution in [0.25, 0.3) is 0 Å². The molecule has 4 aliphatic rings. The van der Waals surface area contributed by atoms with E-state index in [4.69, 9.17) is 5.73 Å². The number of carbonyl (C=O) groups excluding carboxylic acids is 4. The SMILES string of the molecule is CSCC[C@@H](NC(=O)[C@@H](N)Cc1ccccc1)C(=O)NCC(=O)N[C@@H](Cc1ccccc1)C(=O)NC1C2CC3CC(C2)CC1C3.Cl. The zero-order valence-corrected chi connectivity index (χ0v) is 28.1. The van der Waals surface area contributed by atoms with E-state index in [1.54, 1.807) is 11.8 Å². The van der Waals surface area contributed by atoms with Crippen LogP contribution >= 0.6 is 24.2 Å². The summed E-state index contributed by atoms with van der Waals surface area (Å²) in [5.74, 6) is 1.77. The maximum atomic E-state index is 13.7. The van der Waals surface area contributed by atoms with Crippen molar-refractivity contribution in [3.05, 3.63) is 71.8 Å². The Morgan fingerprint density at radius 2 is 1.33 bits per heavy atom. The van der Waals surface area contributed by atoms with Gasteiger partial charge in [-0.3, -0.25) is 19.2 Å². The van der Waals surface area contributed by atoms with E-state index in [2.05, 4.69) is 21.3 Å². The number of nitrogens with two attached hydrogens (primary N) is 1. The van der Waals surface area contributed by atoms with E-state index < -0.39 is 35.8 Å². The largest absolute Gasteiger partial charge is 0.351 e. The highest BCUT2D eigenvalue weighted by atomic mass is 35.5. The topological polar surface area (TPSA) is 142 Å². The van der Waals surface area contributed by atoms with E-state index in [9.17, 15) is 19.2 Å². The van der Waals surface area contributed by atoms with Gasteiger partial charge in [0.05, 0.1) is 12.6 Å². The Hall–Kier alpha value is -3.08. The normalized spacial score (nSPS) is 24.5. The second-order valence-electron chi connectivity index (χ2n) is 13.1. The summed E-state index contributed by atoms with van der Waals surface area (Å²) in [5, 5.41) is 11.7. The summed E-state index contributed by atoms with van der Waals surface area (Å²) in [4.78, 5) is 52.8. The molecule has 6 N–H and O–H groups in total. The molecule has 9 nitrogen and oxygen atoms in total. The Kier molecular flexibility index (Phi) is 13.4. The van der Waals surface area contributed by atoms with Crippen molar-refractivity contribution in [2.75, 3.05) is 18.6 Å². The molecular weight excluding hydrogens is 622 g/mol. The van der Waals surface area contributed by atoms with E-state index in [1.165, 1.54) is 32.1 Å². The lowest BCUT2D eigenvalue weighted by molar-refractivity contribution is -0.132. The fourth-order valence-electron chi connectivity index (χ4n) is 7.76. The highest BCUT2D eigenvalue weighted by molar-refractivity contribution is 7.98. The van der Waals surface area contributed by atoms with Crippen LogP contribution in [0, 0.1) is 23.7 Å². The summed E-state index contributed by atoms with van der Waals surface area (Å²) in [5.41, 5.74) is 8.02. The summed E-state index contributed by atoms with van der Waals surface area (Å²) in [7, 11) is 0. The van der Waals surface area contributed by atoms with Crippen LogP contribution in [0.4, 0.5) is 0 Å². The third kappa shape index (κ3) is 9.72. The van der Waals surface area contributed by atoms with Crippen molar-refractivity contribution in [1.29, 1.82) is 0 Å². The molecule has 0 saturated heterocycles. The molecule has 4 aliphatic carbocycles. The average Bonchev–Trinajstić information content (AvgIpc) is 3.03. The van der Waals surface area contributed by atoms with Crippen LogP contribution in [0.5, 0.6) is 0 Å². The molecule has 11 heteroatoms. The smallest absolute Gasteiger partial charge is 0.243 e. The Bertz CT molecular complexity index is 1290. The number of thioether (sulfide) groups is 1. The van der Waals surface area contributed by atoms with Crippen LogP contribution < -0.4 is 27.0 Å². The number of carbonyl (C=O) groups is 4. The number of nitrogens with one attached hydrogen (secondary N) is 4. The number of benzene rings is 2. The van der Waals surface area contributed by atoms with E-state index in [1.807, 2.05) is 66.9 Å². The first-order chi connectivity index (χ1) is 21.8. The molecule has 3 atom stereocenters. The zero-order valence-electron chi connectivity index (χ0n) is 26.5. The lowest BCUT2D eigenvalue weighted by Gasteiger charge is -2.54. The summed E-state index contributed by atoms with van der Waals surface area (Å²) in [6.07, 6.45) is 9.10. The van der Waals surface area contributed by atoms with Crippen LogP contribution in [-0.2, 0) is 32.0 Å². The lowest BCUT2D eigenvalue weighted by Crippen LogP contribution is -2.60. The third-order valence-electron chi connectivity index (χ3n) is 9.77. The molecular formula is C35H48ClN5O4S. The molecule has 4 fully saturated rings. The summed E-state index contributed by atoms with van der Waals surface area (Å²) >= 11 is 1.56. The van der Waals surface area contributed by atoms with Crippen molar-refractivity contribution in [2.24, 2.45) is 29.4 Å². The van der Waals surface area contributed by atoms with E-state index >= 15 is 0 Å². The van der Waals surface area contributed by atoms with Gasteiger partial charge in [-0.1, -0.05) is 60.7 Å². The predicted molar refractivity (Wildman–Crippen MR) is 184 cm³/mol. The first-order valence-corrected chi connectivity index (χ1v) is 17.7.